The SMILES string of the molecule is O=C(CN1C(=O)CCCc2cc(S(=O)(=O)N3CCOCC3)ccc21)NCc1ccc(F)cc1. The molecule has 176 valence electrons. The van der Waals surface area contributed by atoms with Gasteiger partial charge in [-0.05, 0) is 54.3 Å². The number of ether oxygens (including phenoxy) is 1. The van der Waals surface area contributed by atoms with Gasteiger partial charge in [-0.1, -0.05) is 12.1 Å². The predicted octanol–water partition coefficient (Wildman–Crippen LogP) is 1.83. The van der Waals surface area contributed by atoms with E-state index in [1.807, 2.05) is 0 Å². The number of carbonyl (C=O) groups is 2. The van der Waals surface area contributed by atoms with Crippen molar-refractivity contribution >= 4 is 27.5 Å². The van der Waals surface area contributed by atoms with Gasteiger partial charge in [0.05, 0.1) is 18.1 Å². The Morgan fingerprint density at radius 1 is 1.06 bits per heavy atom. The molecule has 2 aromatic carbocycles. The maximum absolute atomic E-state index is 13.0. The van der Waals surface area contributed by atoms with Gasteiger partial charge in [0.25, 0.3) is 0 Å². The summed E-state index contributed by atoms with van der Waals surface area (Å²) in [6, 6.07) is 10.5. The van der Waals surface area contributed by atoms with Crippen molar-refractivity contribution in [2.24, 2.45) is 0 Å². The Labute approximate surface area is 192 Å². The summed E-state index contributed by atoms with van der Waals surface area (Å²) in [5.41, 5.74) is 2.02. The average molecular weight is 476 g/mol. The molecule has 0 bridgehead atoms. The number of benzene rings is 2. The third kappa shape index (κ3) is 5.40. The van der Waals surface area contributed by atoms with E-state index in [1.54, 1.807) is 24.3 Å². The first kappa shape index (κ1) is 23.3. The van der Waals surface area contributed by atoms with Crippen molar-refractivity contribution in [3.8, 4) is 0 Å². The Hall–Kier alpha value is -2.82. The van der Waals surface area contributed by atoms with Crippen LogP contribution in [0.1, 0.15) is 24.0 Å². The van der Waals surface area contributed by atoms with E-state index in [1.165, 1.54) is 27.4 Å². The fraction of sp³-hybridized carbons (Fsp3) is 0.391. The second kappa shape index (κ2) is 9.98. The van der Waals surface area contributed by atoms with Gasteiger partial charge in [-0.25, -0.2) is 12.8 Å². The molecule has 1 fully saturated rings. The van der Waals surface area contributed by atoms with Crippen molar-refractivity contribution in [1.29, 1.82) is 0 Å². The van der Waals surface area contributed by atoms with E-state index in [-0.39, 0.29) is 42.0 Å². The molecule has 33 heavy (non-hydrogen) atoms. The quantitative estimate of drug-likeness (QED) is 0.688. The number of sulfonamides is 1. The number of anilines is 1. The van der Waals surface area contributed by atoms with Crippen LogP contribution in [0.15, 0.2) is 47.4 Å². The minimum atomic E-state index is -3.66. The van der Waals surface area contributed by atoms with E-state index >= 15 is 0 Å². The lowest BCUT2D eigenvalue weighted by Crippen LogP contribution is -2.41. The summed E-state index contributed by atoms with van der Waals surface area (Å²) in [4.78, 5) is 26.9. The van der Waals surface area contributed by atoms with Crippen LogP contribution in [0.2, 0.25) is 0 Å². The molecule has 0 atom stereocenters. The molecule has 0 saturated carbocycles. The van der Waals surface area contributed by atoms with Crippen molar-refractivity contribution in [3.63, 3.8) is 0 Å². The Bertz CT molecular complexity index is 1130. The summed E-state index contributed by atoms with van der Waals surface area (Å²) in [6.07, 6.45) is 1.38. The van der Waals surface area contributed by atoms with Crippen LogP contribution in [-0.2, 0) is 37.3 Å². The lowest BCUT2D eigenvalue weighted by Gasteiger charge is -2.27. The molecule has 1 N–H and O–H groups in total. The van der Waals surface area contributed by atoms with Crippen molar-refractivity contribution in [3.05, 3.63) is 59.4 Å². The maximum atomic E-state index is 13.0. The fourth-order valence-corrected chi connectivity index (χ4v) is 5.46. The smallest absolute Gasteiger partial charge is 0.243 e. The number of nitrogens with zero attached hydrogens (tertiary/aromatic N) is 2. The zero-order chi connectivity index (χ0) is 23.4. The molecule has 10 heteroatoms. The zero-order valence-corrected chi connectivity index (χ0v) is 18.9. The van der Waals surface area contributed by atoms with E-state index in [0.717, 1.165) is 11.1 Å². The number of hydrogen-bond acceptors (Lipinski definition) is 5. The van der Waals surface area contributed by atoms with Crippen LogP contribution < -0.4 is 10.2 Å². The van der Waals surface area contributed by atoms with Crippen LogP contribution in [0.4, 0.5) is 10.1 Å². The molecule has 0 unspecified atom stereocenters. The second-order valence-corrected chi connectivity index (χ2v) is 9.98. The molecular weight excluding hydrogens is 449 g/mol. The van der Waals surface area contributed by atoms with Crippen LogP contribution in [0.25, 0.3) is 0 Å². The normalized spacial score (nSPS) is 17.4. The number of amides is 2. The minimum Gasteiger partial charge on any atom is -0.379 e. The average Bonchev–Trinajstić information content (AvgIpc) is 2.97. The molecule has 4 rings (SSSR count). The Kier molecular flexibility index (Phi) is 7.06. The Balaban J connectivity index is 1.51. The number of aryl methyl sites for hydroxylation is 1. The summed E-state index contributed by atoms with van der Waals surface area (Å²) >= 11 is 0. The van der Waals surface area contributed by atoms with Crippen LogP contribution in [0.3, 0.4) is 0 Å². The van der Waals surface area contributed by atoms with Crippen molar-refractivity contribution in [1.82, 2.24) is 9.62 Å². The molecular formula is C23H26FN3O5S. The molecule has 2 aliphatic rings. The fourth-order valence-electron chi connectivity index (χ4n) is 4.00. The van der Waals surface area contributed by atoms with Gasteiger partial charge in [-0.15, -0.1) is 0 Å². The number of carbonyl (C=O) groups excluding carboxylic acids is 2. The summed E-state index contributed by atoms with van der Waals surface area (Å²) in [5.74, 6) is -0.896. The van der Waals surface area contributed by atoms with Crippen LogP contribution in [-0.4, -0.2) is 57.4 Å². The molecule has 2 heterocycles. The highest BCUT2D eigenvalue weighted by Crippen LogP contribution is 2.30. The standard InChI is InChI=1S/C23H26FN3O5S/c24-19-6-4-17(5-7-19)15-25-22(28)16-27-21-9-8-20(14-18(21)2-1-3-23(27)29)33(30,31)26-10-12-32-13-11-26/h4-9,14H,1-3,10-13,15-16H2,(H,25,28). The molecule has 0 aliphatic carbocycles. The van der Waals surface area contributed by atoms with Crippen molar-refractivity contribution in [2.45, 2.75) is 30.7 Å². The number of nitrogens with one attached hydrogen (secondary N) is 1. The summed E-state index contributed by atoms with van der Waals surface area (Å²) in [7, 11) is -3.66. The Morgan fingerprint density at radius 3 is 2.52 bits per heavy atom. The van der Waals surface area contributed by atoms with Gasteiger partial charge in [0.15, 0.2) is 0 Å². The molecule has 8 nitrogen and oxygen atoms in total. The first-order chi connectivity index (χ1) is 15.8. The van der Waals surface area contributed by atoms with Gasteiger partial charge >= 0.3 is 0 Å². The first-order valence-electron chi connectivity index (χ1n) is 10.9. The molecule has 0 aromatic heterocycles. The summed E-state index contributed by atoms with van der Waals surface area (Å²) in [6.45, 7) is 1.36. The van der Waals surface area contributed by atoms with Crippen LogP contribution >= 0.6 is 0 Å². The third-order valence-corrected chi connectivity index (χ3v) is 7.69. The molecule has 0 spiro atoms. The van der Waals surface area contributed by atoms with Gasteiger partial charge < -0.3 is 15.0 Å². The number of morpholine rings is 1. The molecule has 2 amide bonds. The zero-order valence-electron chi connectivity index (χ0n) is 18.1. The van der Waals surface area contributed by atoms with Gasteiger partial charge in [-0.2, -0.15) is 4.31 Å². The monoisotopic (exact) mass is 475 g/mol. The summed E-state index contributed by atoms with van der Waals surface area (Å²) < 4.78 is 45.8. The van der Waals surface area contributed by atoms with Crippen molar-refractivity contribution in [2.75, 3.05) is 37.7 Å². The highest BCUT2D eigenvalue weighted by Gasteiger charge is 2.29. The highest BCUT2D eigenvalue weighted by atomic mass is 32.2. The van der Waals surface area contributed by atoms with Gasteiger partial charge in [-0.3, -0.25) is 9.59 Å². The Morgan fingerprint density at radius 2 is 1.79 bits per heavy atom. The van der Waals surface area contributed by atoms with Crippen LogP contribution in [0.5, 0.6) is 0 Å². The predicted molar refractivity (Wildman–Crippen MR) is 120 cm³/mol. The van der Waals surface area contributed by atoms with E-state index in [2.05, 4.69) is 5.32 Å². The number of halogens is 1. The van der Waals surface area contributed by atoms with Gasteiger partial charge in [0.2, 0.25) is 21.8 Å². The third-order valence-electron chi connectivity index (χ3n) is 5.79. The minimum absolute atomic E-state index is 0.178. The topological polar surface area (TPSA) is 96.0 Å². The van der Waals surface area contributed by atoms with Crippen molar-refractivity contribution < 1.29 is 27.1 Å². The van der Waals surface area contributed by atoms with E-state index in [4.69, 9.17) is 4.74 Å². The molecule has 1 saturated heterocycles. The number of rotatable bonds is 6. The first-order valence-corrected chi connectivity index (χ1v) is 12.3. The number of fused-ring (bicyclic) bond motifs is 1. The van der Waals surface area contributed by atoms with Gasteiger partial charge in [0, 0.05) is 31.7 Å². The second-order valence-electron chi connectivity index (χ2n) is 8.04. The summed E-state index contributed by atoms with van der Waals surface area (Å²) in [5, 5.41) is 2.75. The molecule has 2 aliphatic heterocycles. The largest absolute Gasteiger partial charge is 0.379 e. The van der Waals surface area contributed by atoms with Gasteiger partial charge in [0.1, 0.15) is 12.4 Å². The lowest BCUT2D eigenvalue weighted by atomic mass is 10.1. The van der Waals surface area contributed by atoms with Crippen LogP contribution in [0, 0.1) is 5.82 Å². The van der Waals surface area contributed by atoms with E-state index in [0.29, 0.717) is 44.8 Å². The number of hydrogen-bond donors (Lipinski definition) is 1. The molecule has 0 radical (unpaired) electrons. The lowest BCUT2D eigenvalue weighted by molar-refractivity contribution is -0.123. The van der Waals surface area contributed by atoms with E-state index < -0.39 is 10.0 Å². The molecule has 2 aromatic rings. The van der Waals surface area contributed by atoms with E-state index in [9.17, 15) is 22.4 Å². The maximum Gasteiger partial charge on any atom is 0.243 e. The highest BCUT2D eigenvalue weighted by molar-refractivity contribution is 7.89.